The molecular weight excluding hydrogens is 460 g/mol. The van der Waals surface area contributed by atoms with E-state index in [1.165, 1.54) is 35.6 Å². The third-order valence-electron chi connectivity index (χ3n) is 5.58. The first-order valence-electron chi connectivity index (χ1n) is 10.2. The number of amides is 2. The number of nitrogens with zero attached hydrogens (tertiary/aromatic N) is 3. The number of hydrogen-bond donors (Lipinski definition) is 1. The Morgan fingerprint density at radius 2 is 1.88 bits per heavy atom. The summed E-state index contributed by atoms with van der Waals surface area (Å²) in [6, 6.07) is 13.4. The number of nitrogens with one attached hydrogen (secondary N) is 1. The lowest BCUT2D eigenvalue weighted by atomic mass is 10.0. The van der Waals surface area contributed by atoms with Gasteiger partial charge in [0.05, 0.1) is 21.7 Å². The van der Waals surface area contributed by atoms with Gasteiger partial charge >= 0.3 is 0 Å². The second-order valence-electron chi connectivity index (χ2n) is 7.64. The van der Waals surface area contributed by atoms with E-state index in [0.29, 0.717) is 30.1 Å². The van der Waals surface area contributed by atoms with Gasteiger partial charge in [-0.1, -0.05) is 12.1 Å². The number of nitro groups is 1. The van der Waals surface area contributed by atoms with Crippen LogP contribution >= 0.6 is 22.7 Å². The molecule has 0 spiro atoms. The van der Waals surface area contributed by atoms with Gasteiger partial charge in [0.25, 0.3) is 11.6 Å². The molecule has 8 nitrogen and oxygen atoms in total. The standard InChI is InChI=1S/C23H18N4O4S2/c1-13(28)26-11-10-16-19(12-26)33-23(20(16)22-24-17-4-2-3-5-18(17)32-22)25-21(29)14-6-8-15(9-7-14)27(30)31/h2-9H,10-12H2,1H3,(H,25,29). The molecule has 2 aromatic heterocycles. The largest absolute Gasteiger partial charge is 0.337 e. The molecule has 3 heterocycles. The Morgan fingerprint density at radius 1 is 1.12 bits per heavy atom. The number of carbonyl (C=O) groups excluding carboxylic acids is 2. The molecule has 33 heavy (non-hydrogen) atoms. The van der Waals surface area contributed by atoms with Gasteiger partial charge in [0.1, 0.15) is 10.0 Å². The predicted molar refractivity (Wildman–Crippen MR) is 129 cm³/mol. The van der Waals surface area contributed by atoms with E-state index in [-0.39, 0.29) is 17.5 Å². The summed E-state index contributed by atoms with van der Waals surface area (Å²) >= 11 is 3.02. The maximum Gasteiger partial charge on any atom is 0.269 e. The number of rotatable bonds is 4. The molecule has 0 radical (unpaired) electrons. The van der Waals surface area contributed by atoms with E-state index < -0.39 is 4.92 Å². The van der Waals surface area contributed by atoms with E-state index in [9.17, 15) is 19.7 Å². The van der Waals surface area contributed by atoms with Crippen molar-refractivity contribution in [3.8, 4) is 10.6 Å². The van der Waals surface area contributed by atoms with Crippen LogP contribution in [0, 0.1) is 10.1 Å². The van der Waals surface area contributed by atoms with E-state index >= 15 is 0 Å². The summed E-state index contributed by atoms with van der Waals surface area (Å²) < 4.78 is 1.06. The van der Waals surface area contributed by atoms with Gasteiger partial charge in [-0.3, -0.25) is 19.7 Å². The lowest BCUT2D eigenvalue weighted by molar-refractivity contribution is -0.384. The van der Waals surface area contributed by atoms with Crippen molar-refractivity contribution in [2.24, 2.45) is 0 Å². The maximum atomic E-state index is 13.0. The fourth-order valence-corrected chi connectivity index (χ4v) is 6.24. The number of fused-ring (bicyclic) bond motifs is 2. The zero-order valence-corrected chi connectivity index (χ0v) is 19.2. The molecule has 2 amide bonds. The van der Waals surface area contributed by atoms with E-state index in [2.05, 4.69) is 5.32 Å². The zero-order chi connectivity index (χ0) is 23.1. The molecule has 0 saturated heterocycles. The highest BCUT2D eigenvalue weighted by Crippen LogP contribution is 2.45. The summed E-state index contributed by atoms with van der Waals surface area (Å²) in [6.45, 7) is 2.68. The normalized spacial score (nSPS) is 13.1. The fourth-order valence-electron chi connectivity index (χ4n) is 3.88. The molecule has 0 atom stereocenters. The first-order valence-corrected chi connectivity index (χ1v) is 11.9. The highest BCUT2D eigenvalue weighted by molar-refractivity contribution is 7.23. The monoisotopic (exact) mass is 478 g/mol. The lowest BCUT2D eigenvalue weighted by Crippen LogP contribution is -2.33. The van der Waals surface area contributed by atoms with Crippen molar-refractivity contribution in [1.29, 1.82) is 0 Å². The zero-order valence-electron chi connectivity index (χ0n) is 17.5. The van der Waals surface area contributed by atoms with Gasteiger partial charge in [0, 0.05) is 41.6 Å². The van der Waals surface area contributed by atoms with Gasteiger partial charge in [-0.15, -0.1) is 22.7 Å². The van der Waals surface area contributed by atoms with Crippen LogP contribution in [0.3, 0.4) is 0 Å². The number of benzene rings is 2. The number of para-hydroxylation sites is 1. The van der Waals surface area contributed by atoms with Gasteiger partial charge in [-0.05, 0) is 36.2 Å². The van der Waals surface area contributed by atoms with Crippen molar-refractivity contribution in [2.45, 2.75) is 19.9 Å². The minimum absolute atomic E-state index is 0.0204. The van der Waals surface area contributed by atoms with Gasteiger partial charge in [0.2, 0.25) is 5.91 Å². The summed E-state index contributed by atoms with van der Waals surface area (Å²) in [6.07, 6.45) is 0.685. The average molecular weight is 479 g/mol. The Bertz CT molecular complexity index is 1370. The van der Waals surface area contributed by atoms with Crippen molar-refractivity contribution in [2.75, 3.05) is 11.9 Å². The van der Waals surface area contributed by atoms with Crippen LogP contribution in [0.1, 0.15) is 27.7 Å². The maximum absolute atomic E-state index is 13.0. The van der Waals surface area contributed by atoms with E-state index in [0.717, 1.165) is 31.2 Å². The second-order valence-corrected chi connectivity index (χ2v) is 9.78. The summed E-state index contributed by atoms with van der Waals surface area (Å²) in [5.74, 6) is -0.332. The molecule has 166 valence electrons. The molecule has 1 N–H and O–H groups in total. The molecule has 5 rings (SSSR count). The molecule has 4 aromatic rings. The number of carbonyl (C=O) groups is 2. The minimum Gasteiger partial charge on any atom is -0.337 e. The Hall–Kier alpha value is -3.63. The van der Waals surface area contributed by atoms with Crippen LogP contribution in [0.2, 0.25) is 0 Å². The lowest BCUT2D eigenvalue weighted by Gasteiger charge is -2.26. The first kappa shape index (κ1) is 21.2. The highest BCUT2D eigenvalue weighted by atomic mass is 32.1. The highest BCUT2D eigenvalue weighted by Gasteiger charge is 2.28. The van der Waals surface area contributed by atoms with Crippen molar-refractivity contribution in [3.63, 3.8) is 0 Å². The van der Waals surface area contributed by atoms with Gasteiger partial charge in [-0.2, -0.15) is 0 Å². The summed E-state index contributed by atoms with van der Waals surface area (Å²) in [4.78, 5) is 43.0. The van der Waals surface area contributed by atoms with Crippen molar-refractivity contribution < 1.29 is 14.5 Å². The molecule has 0 aliphatic carbocycles. The van der Waals surface area contributed by atoms with Crippen LogP contribution < -0.4 is 5.32 Å². The number of anilines is 1. The number of thiazole rings is 1. The number of hydrogen-bond acceptors (Lipinski definition) is 7. The molecule has 0 saturated carbocycles. The molecular formula is C23H18N4O4S2. The summed E-state index contributed by atoms with van der Waals surface area (Å²) in [5, 5.41) is 15.4. The van der Waals surface area contributed by atoms with Gasteiger partial charge in [0.15, 0.2) is 0 Å². The molecule has 1 aliphatic heterocycles. The number of nitro benzene ring substituents is 1. The van der Waals surface area contributed by atoms with Crippen molar-refractivity contribution in [3.05, 3.63) is 74.6 Å². The quantitative estimate of drug-likeness (QED) is 0.325. The number of non-ortho nitro benzene ring substituents is 1. The molecule has 0 bridgehead atoms. The number of thiophene rings is 1. The molecule has 2 aromatic carbocycles. The summed E-state index contributed by atoms with van der Waals surface area (Å²) in [7, 11) is 0. The van der Waals surface area contributed by atoms with E-state index in [1.54, 1.807) is 23.2 Å². The Kier molecular flexibility index (Phi) is 5.39. The van der Waals surface area contributed by atoms with Crippen LogP contribution in [-0.4, -0.2) is 33.2 Å². The Morgan fingerprint density at radius 3 is 2.58 bits per heavy atom. The van der Waals surface area contributed by atoms with Gasteiger partial charge in [-0.25, -0.2) is 4.98 Å². The summed E-state index contributed by atoms with van der Waals surface area (Å²) in [5.41, 5.74) is 3.15. The van der Waals surface area contributed by atoms with E-state index in [1.807, 2.05) is 24.3 Å². The predicted octanol–water partition coefficient (Wildman–Crippen LogP) is 5.09. The van der Waals surface area contributed by atoms with Crippen molar-refractivity contribution >= 4 is 55.4 Å². The van der Waals surface area contributed by atoms with Crippen LogP contribution in [0.25, 0.3) is 20.8 Å². The SMILES string of the molecule is CC(=O)N1CCc2c(sc(NC(=O)c3ccc([N+](=O)[O-])cc3)c2-c2nc3ccccc3s2)C1. The Labute approximate surface area is 196 Å². The number of aromatic nitrogens is 1. The van der Waals surface area contributed by atoms with Crippen LogP contribution in [0.4, 0.5) is 10.7 Å². The van der Waals surface area contributed by atoms with Crippen LogP contribution in [0.5, 0.6) is 0 Å². The topological polar surface area (TPSA) is 105 Å². The third kappa shape index (κ3) is 3.98. The Balaban J connectivity index is 1.55. The van der Waals surface area contributed by atoms with E-state index in [4.69, 9.17) is 4.98 Å². The van der Waals surface area contributed by atoms with Crippen molar-refractivity contribution in [1.82, 2.24) is 9.88 Å². The first-order chi connectivity index (χ1) is 15.9. The van der Waals surface area contributed by atoms with Crippen LogP contribution in [0.15, 0.2) is 48.5 Å². The molecule has 0 fully saturated rings. The smallest absolute Gasteiger partial charge is 0.269 e. The molecule has 0 unspecified atom stereocenters. The van der Waals surface area contributed by atoms with Crippen LogP contribution in [-0.2, 0) is 17.8 Å². The minimum atomic E-state index is -0.499. The molecule has 1 aliphatic rings. The average Bonchev–Trinajstić information content (AvgIpc) is 3.38. The third-order valence-corrected chi connectivity index (χ3v) is 7.76. The van der Waals surface area contributed by atoms with Gasteiger partial charge < -0.3 is 10.2 Å². The molecule has 10 heteroatoms. The fraction of sp³-hybridized carbons (Fsp3) is 0.174. The second kappa shape index (κ2) is 8.38.